The van der Waals surface area contributed by atoms with Crippen molar-refractivity contribution in [2.45, 2.75) is 6.10 Å². The van der Waals surface area contributed by atoms with Gasteiger partial charge in [-0.05, 0) is 0 Å². The van der Waals surface area contributed by atoms with Crippen LogP contribution in [-0.2, 0) is 0 Å². The van der Waals surface area contributed by atoms with E-state index in [9.17, 15) is 4.79 Å². The Kier molecular flexibility index (Phi) is 6.98. The minimum Gasteiger partial charge on any atom is -0.394 e. The maximum Gasteiger partial charge on any atom is 0.268 e. The number of rotatable bonds is 3. The molecule has 1 aromatic heterocycles. The van der Waals surface area contributed by atoms with Crippen molar-refractivity contribution < 1.29 is 20.1 Å². The molecule has 1 rings (SSSR count). The Morgan fingerprint density at radius 2 is 2.00 bits per heavy atom. The summed E-state index contributed by atoms with van der Waals surface area (Å²) in [6.45, 7) is -0.729. The first-order valence-corrected chi connectivity index (χ1v) is 4.07. The lowest BCUT2D eigenvalue weighted by Gasteiger charge is -1.96. The molecule has 0 aliphatic heterocycles. The molecule has 0 unspecified atom stereocenters. The molecule has 5 N–H and O–H groups in total. The average Bonchev–Trinajstić information content (AvgIpc) is 2.30. The fourth-order valence-corrected chi connectivity index (χ4v) is 0.484. The molecule has 1 amide bonds. The van der Waals surface area contributed by atoms with Crippen molar-refractivity contribution in [3.63, 3.8) is 0 Å². The quantitative estimate of drug-likeness (QED) is 0.457. The number of carbonyl (C=O) groups excluding carboxylic acids is 1. The number of nitrogens with two attached hydrogens (primary N) is 1. The number of hydrogen-bond acceptors (Lipinski definition) is 6. The zero-order valence-corrected chi connectivity index (χ0v) is 7.95. The molecular formula is C8H13N3O4. The number of aliphatic hydroxyl groups excluding tert-OH is 3. The highest BCUT2D eigenvalue weighted by Crippen LogP contribution is 1.84. The van der Waals surface area contributed by atoms with Crippen LogP contribution in [0.5, 0.6) is 0 Å². The van der Waals surface area contributed by atoms with Crippen molar-refractivity contribution in [1.82, 2.24) is 9.97 Å². The minimum absolute atomic E-state index is 0.192. The lowest BCUT2D eigenvalue weighted by Crippen LogP contribution is -2.15. The van der Waals surface area contributed by atoms with Gasteiger partial charge in [-0.1, -0.05) is 0 Å². The Hall–Kier alpha value is -1.57. The summed E-state index contributed by atoms with van der Waals surface area (Å²) in [4.78, 5) is 17.6. The molecule has 0 aliphatic carbocycles. The van der Waals surface area contributed by atoms with E-state index in [1.54, 1.807) is 0 Å². The van der Waals surface area contributed by atoms with E-state index in [0.29, 0.717) is 0 Å². The Bertz CT molecular complexity index is 276. The Morgan fingerprint density at radius 1 is 1.40 bits per heavy atom. The molecular weight excluding hydrogens is 202 g/mol. The Morgan fingerprint density at radius 3 is 2.20 bits per heavy atom. The number of nitrogens with zero attached hydrogens (tertiary/aromatic N) is 2. The molecule has 0 aliphatic rings. The summed E-state index contributed by atoms with van der Waals surface area (Å²) < 4.78 is 0. The van der Waals surface area contributed by atoms with E-state index < -0.39 is 12.0 Å². The second-order valence-corrected chi connectivity index (χ2v) is 2.47. The Labute approximate surface area is 86.2 Å². The van der Waals surface area contributed by atoms with E-state index >= 15 is 0 Å². The monoisotopic (exact) mass is 215 g/mol. The lowest BCUT2D eigenvalue weighted by atomic mass is 10.4. The van der Waals surface area contributed by atoms with Crippen molar-refractivity contribution in [1.29, 1.82) is 0 Å². The molecule has 84 valence electrons. The van der Waals surface area contributed by atoms with Crippen LogP contribution in [0.15, 0.2) is 18.6 Å². The first-order chi connectivity index (χ1) is 7.11. The summed E-state index contributed by atoms with van der Waals surface area (Å²) in [5.74, 6) is -0.553. The second kappa shape index (κ2) is 7.80. The fourth-order valence-electron chi connectivity index (χ4n) is 0.484. The third-order valence-electron chi connectivity index (χ3n) is 1.24. The smallest absolute Gasteiger partial charge is 0.268 e. The van der Waals surface area contributed by atoms with E-state index in [4.69, 9.17) is 21.1 Å². The summed E-state index contributed by atoms with van der Waals surface area (Å²) in [5.41, 5.74) is 5.06. The fraction of sp³-hybridized carbons (Fsp3) is 0.375. The Balaban J connectivity index is 0.000000288. The highest BCUT2D eigenvalue weighted by atomic mass is 16.3. The molecule has 0 atom stereocenters. The van der Waals surface area contributed by atoms with Crippen LogP contribution in [0, 0.1) is 0 Å². The molecule has 0 spiro atoms. The molecule has 0 radical (unpaired) electrons. The van der Waals surface area contributed by atoms with Crippen LogP contribution < -0.4 is 5.73 Å². The molecule has 0 aromatic carbocycles. The summed E-state index contributed by atoms with van der Waals surface area (Å²) >= 11 is 0. The molecule has 0 bridgehead atoms. The summed E-state index contributed by atoms with van der Waals surface area (Å²) in [6, 6.07) is 0. The van der Waals surface area contributed by atoms with Crippen molar-refractivity contribution in [2.75, 3.05) is 13.2 Å². The van der Waals surface area contributed by atoms with Crippen molar-refractivity contribution in [2.24, 2.45) is 5.73 Å². The number of aromatic nitrogens is 2. The number of amides is 1. The topological polar surface area (TPSA) is 130 Å². The van der Waals surface area contributed by atoms with Gasteiger partial charge in [-0.15, -0.1) is 0 Å². The molecule has 1 heterocycles. The lowest BCUT2D eigenvalue weighted by molar-refractivity contribution is 0.0450. The number of primary amides is 1. The average molecular weight is 215 g/mol. The molecule has 15 heavy (non-hydrogen) atoms. The molecule has 0 saturated carbocycles. The molecule has 0 fully saturated rings. The van der Waals surface area contributed by atoms with Gasteiger partial charge in [0.25, 0.3) is 5.91 Å². The van der Waals surface area contributed by atoms with Gasteiger partial charge in [0.2, 0.25) is 0 Å². The third kappa shape index (κ3) is 6.49. The largest absolute Gasteiger partial charge is 0.394 e. The van der Waals surface area contributed by atoms with Gasteiger partial charge in [-0.2, -0.15) is 0 Å². The van der Waals surface area contributed by atoms with E-state index in [1.807, 2.05) is 0 Å². The van der Waals surface area contributed by atoms with E-state index in [1.165, 1.54) is 18.6 Å². The van der Waals surface area contributed by atoms with Crippen molar-refractivity contribution in [3.8, 4) is 0 Å². The molecule has 0 saturated heterocycles. The molecule has 7 nitrogen and oxygen atoms in total. The summed E-state index contributed by atoms with van der Waals surface area (Å²) in [5, 5.41) is 24.0. The predicted octanol–water partition coefficient (Wildman–Crippen LogP) is -2.09. The predicted molar refractivity (Wildman–Crippen MR) is 50.7 cm³/mol. The maximum atomic E-state index is 10.3. The van der Waals surface area contributed by atoms with Crippen LogP contribution in [0.2, 0.25) is 0 Å². The van der Waals surface area contributed by atoms with Gasteiger partial charge in [0, 0.05) is 12.4 Å². The number of aliphatic hydroxyl groups is 3. The summed E-state index contributed by atoms with van der Waals surface area (Å²) in [6.07, 6.45) is 3.26. The van der Waals surface area contributed by atoms with Crippen LogP contribution in [0.3, 0.4) is 0 Å². The van der Waals surface area contributed by atoms with Crippen LogP contribution in [0.1, 0.15) is 10.5 Å². The SMILES string of the molecule is NC(=O)c1cnccn1.OCC(O)CO. The number of carbonyl (C=O) groups is 1. The minimum atomic E-state index is -0.954. The molecule has 1 aromatic rings. The van der Waals surface area contributed by atoms with E-state index in [-0.39, 0.29) is 18.9 Å². The second-order valence-electron chi connectivity index (χ2n) is 2.47. The first-order valence-electron chi connectivity index (χ1n) is 4.07. The van der Waals surface area contributed by atoms with Gasteiger partial charge >= 0.3 is 0 Å². The van der Waals surface area contributed by atoms with Crippen molar-refractivity contribution >= 4 is 5.91 Å². The third-order valence-corrected chi connectivity index (χ3v) is 1.24. The van der Waals surface area contributed by atoms with Gasteiger partial charge in [0.1, 0.15) is 11.8 Å². The zero-order chi connectivity index (χ0) is 11.7. The summed E-state index contributed by atoms with van der Waals surface area (Å²) in [7, 11) is 0. The van der Waals surface area contributed by atoms with Crippen molar-refractivity contribution in [3.05, 3.63) is 24.3 Å². The highest BCUT2D eigenvalue weighted by Gasteiger charge is 1.97. The van der Waals surface area contributed by atoms with Crippen LogP contribution in [0.25, 0.3) is 0 Å². The zero-order valence-electron chi connectivity index (χ0n) is 7.95. The highest BCUT2D eigenvalue weighted by molar-refractivity contribution is 5.90. The standard InChI is InChI=1S/C5H5N3O.C3H8O3/c6-5(9)4-3-7-1-2-8-4;4-1-3(6)2-5/h1-3H,(H2,6,9);3-6H,1-2H2. The van der Waals surface area contributed by atoms with Crippen LogP contribution >= 0.6 is 0 Å². The number of hydrogen-bond donors (Lipinski definition) is 4. The van der Waals surface area contributed by atoms with E-state index in [2.05, 4.69) is 9.97 Å². The van der Waals surface area contributed by atoms with Gasteiger partial charge in [0.15, 0.2) is 0 Å². The van der Waals surface area contributed by atoms with Gasteiger partial charge < -0.3 is 21.1 Å². The van der Waals surface area contributed by atoms with Crippen LogP contribution in [-0.4, -0.2) is 50.5 Å². The van der Waals surface area contributed by atoms with Crippen LogP contribution in [0.4, 0.5) is 0 Å². The van der Waals surface area contributed by atoms with Gasteiger partial charge in [0.05, 0.1) is 19.4 Å². The first kappa shape index (κ1) is 13.4. The normalized spacial score (nSPS) is 9.33. The van der Waals surface area contributed by atoms with E-state index in [0.717, 1.165) is 0 Å². The van der Waals surface area contributed by atoms with Gasteiger partial charge in [-0.25, -0.2) is 4.98 Å². The van der Waals surface area contributed by atoms with Gasteiger partial charge in [-0.3, -0.25) is 9.78 Å². The maximum absolute atomic E-state index is 10.3. The molecule has 7 heteroatoms.